The zero-order valence-corrected chi connectivity index (χ0v) is 10.2. The third-order valence-electron chi connectivity index (χ3n) is 2.33. The van der Waals surface area contributed by atoms with Crippen molar-refractivity contribution in [3.8, 4) is 5.75 Å². The first-order valence-electron chi connectivity index (χ1n) is 5.74. The number of carbonyl (C=O) groups is 1. The molecule has 0 spiro atoms. The van der Waals surface area contributed by atoms with Crippen LogP contribution in [0.2, 0.25) is 0 Å². The molecular weight excluding hydrogens is 248 g/mol. The van der Waals surface area contributed by atoms with Crippen LogP contribution in [0, 0.1) is 0 Å². The number of nitrogens with one attached hydrogen (secondary N) is 1. The monoisotopic (exact) mass is 262 g/mol. The van der Waals surface area contributed by atoms with Crippen LogP contribution in [0.5, 0.6) is 5.75 Å². The fourth-order valence-corrected chi connectivity index (χ4v) is 1.38. The molecule has 0 saturated carbocycles. The van der Waals surface area contributed by atoms with E-state index >= 15 is 0 Å². The molecule has 0 radical (unpaired) electrons. The van der Waals surface area contributed by atoms with Gasteiger partial charge >= 0.3 is 0 Å². The Balaban J connectivity index is 1.65. The molecule has 0 bridgehead atoms. The Morgan fingerprint density at radius 3 is 2.84 bits per heavy atom. The van der Waals surface area contributed by atoms with Crippen molar-refractivity contribution in [1.29, 1.82) is 0 Å². The highest BCUT2D eigenvalue weighted by atomic mass is 16.5. The number of amides is 1. The molecule has 19 heavy (non-hydrogen) atoms. The van der Waals surface area contributed by atoms with Gasteiger partial charge in [-0.15, -0.1) is 0 Å². The standard InChI is InChI=1S/C12H14N4O3/c13-9-1-3-10(4-2-9)18-7-12(17)14-6-5-11-15-8-19-16-11/h1-4,8H,5-7,13H2,(H,14,17). The highest BCUT2D eigenvalue weighted by molar-refractivity contribution is 5.77. The number of ether oxygens (including phenoxy) is 1. The zero-order valence-electron chi connectivity index (χ0n) is 10.2. The predicted octanol–water partition coefficient (Wildman–Crippen LogP) is 0.389. The van der Waals surface area contributed by atoms with Gasteiger partial charge in [0, 0.05) is 18.7 Å². The van der Waals surface area contributed by atoms with E-state index in [1.165, 1.54) is 6.39 Å². The van der Waals surface area contributed by atoms with Crippen LogP contribution in [0.25, 0.3) is 0 Å². The maximum absolute atomic E-state index is 11.5. The largest absolute Gasteiger partial charge is 0.484 e. The van der Waals surface area contributed by atoms with E-state index < -0.39 is 0 Å². The SMILES string of the molecule is Nc1ccc(OCC(=O)NCCc2ncon2)cc1. The number of aromatic nitrogens is 2. The molecule has 3 N–H and O–H groups in total. The molecular formula is C12H14N4O3. The van der Waals surface area contributed by atoms with Gasteiger partial charge in [-0.2, -0.15) is 4.98 Å². The van der Waals surface area contributed by atoms with Crippen molar-refractivity contribution < 1.29 is 14.1 Å². The van der Waals surface area contributed by atoms with E-state index in [1.807, 2.05) is 0 Å². The minimum atomic E-state index is -0.208. The Hall–Kier alpha value is -2.57. The van der Waals surface area contributed by atoms with Crippen LogP contribution in [-0.4, -0.2) is 29.2 Å². The quantitative estimate of drug-likeness (QED) is 0.730. The second kappa shape index (κ2) is 6.39. The number of carbonyl (C=O) groups excluding carboxylic acids is 1. The van der Waals surface area contributed by atoms with Crippen molar-refractivity contribution in [3.63, 3.8) is 0 Å². The fraction of sp³-hybridized carbons (Fsp3) is 0.250. The van der Waals surface area contributed by atoms with Crippen LogP contribution in [0.4, 0.5) is 5.69 Å². The van der Waals surface area contributed by atoms with Gasteiger partial charge in [-0.05, 0) is 24.3 Å². The predicted molar refractivity (Wildman–Crippen MR) is 67.4 cm³/mol. The highest BCUT2D eigenvalue weighted by Gasteiger charge is 2.04. The summed E-state index contributed by atoms with van der Waals surface area (Å²) in [4.78, 5) is 15.3. The summed E-state index contributed by atoms with van der Waals surface area (Å²) in [7, 11) is 0. The molecule has 100 valence electrons. The first-order valence-corrected chi connectivity index (χ1v) is 5.74. The van der Waals surface area contributed by atoms with Gasteiger partial charge in [-0.25, -0.2) is 0 Å². The molecule has 1 aromatic carbocycles. The number of rotatable bonds is 6. The molecule has 0 fully saturated rings. The van der Waals surface area contributed by atoms with Gasteiger partial charge in [0.2, 0.25) is 6.39 Å². The van der Waals surface area contributed by atoms with Crippen LogP contribution < -0.4 is 15.8 Å². The molecule has 0 aliphatic heterocycles. The number of hydrogen-bond donors (Lipinski definition) is 2. The number of nitrogen functional groups attached to an aromatic ring is 1. The molecule has 2 rings (SSSR count). The first kappa shape index (κ1) is 12.9. The molecule has 7 heteroatoms. The van der Waals surface area contributed by atoms with Crippen molar-refractivity contribution in [2.75, 3.05) is 18.9 Å². The fourth-order valence-electron chi connectivity index (χ4n) is 1.38. The Labute approximate surface area is 109 Å². The molecule has 1 heterocycles. The average molecular weight is 262 g/mol. The maximum Gasteiger partial charge on any atom is 0.257 e. The summed E-state index contributed by atoms with van der Waals surface area (Å²) >= 11 is 0. The number of hydrogen-bond acceptors (Lipinski definition) is 6. The molecule has 1 amide bonds. The van der Waals surface area contributed by atoms with Crippen LogP contribution in [0.15, 0.2) is 35.2 Å². The van der Waals surface area contributed by atoms with Crippen molar-refractivity contribution in [2.45, 2.75) is 6.42 Å². The summed E-state index contributed by atoms with van der Waals surface area (Å²) < 4.78 is 9.87. The summed E-state index contributed by atoms with van der Waals surface area (Å²) in [5.74, 6) is 0.947. The molecule has 0 saturated heterocycles. The zero-order chi connectivity index (χ0) is 13.5. The molecule has 2 aromatic rings. The topological polar surface area (TPSA) is 103 Å². The summed E-state index contributed by atoms with van der Waals surface area (Å²) in [6.45, 7) is 0.389. The number of nitrogens with two attached hydrogens (primary N) is 1. The Bertz CT molecular complexity index is 510. The summed E-state index contributed by atoms with van der Waals surface area (Å²) in [6.07, 6.45) is 1.77. The summed E-state index contributed by atoms with van der Waals surface area (Å²) in [5, 5.41) is 6.33. The number of anilines is 1. The Kier molecular flexibility index (Phi) is 4.33. The van der Waals surface area contributed by atoms with Gasteiger partial charge in [0.05, 0.1) is 0 Å². The van der Waals surface area contributed by atoms with Gasteiger partial charge in [-0.1, -0.05) is 5.16 Å². The van der Waals surface area contributed by atoms with Gasteiger partial charge in [0.25, 0.3) is 5.91 Å². The molecule has 1 aromatic heterocycles. The van der Waals surface area contributed by atoms with Crippen molar-refractivity contribution in [2.24, 2.45) is 0 Å². The lowest BCUT2D eigenvalue weighted by Gasteiger charge is -2.06. The second-order valence-corrected chi connectivity index (χ2v) is 3.81. The van der Waals surface area contributed by atoms with Gasteiger partial charge in [0.1, 0.15) is 5.75 Å². The summed E-state index contributed by atoms with van der Waals surface area (Å²) in [5.41, 5.74) is 6.19. The molecule has 7 nitrogen and oxygen atoms in total. The number of benzene rings is 1. The minimum Gasteiger partial charge on any atom is -0.484 e. The normalized spacial score (nSPS) is 10.1. The van der Waals surface area contributed by atoms with Crippen LogP contribution in [0.1, 0.15) is 5.82 Å². The molecule has 0 aliphatic rings. The lowest BCUT2D eigenvalue weighted by molar-refractivity contribution is -0.123. The smallest absolute Gasteiger partial charge is 0.257 e. The molecule has 0 atom stereocenters. The highest BCUT2D eigenvalue weighted by Crippen LogP contribution is 2.12. The van der Waals surface area contributed by atoms with Gasteiger partial charge in [-0.3, -0.25) is 4.79 Å². The third-order valence-corrected chi connectivity index (χ3v) is 2.33. The van der Waals surface area contributed by atoms with E-state index in [-0.39, 0.29) is 12.5 Å². The molecule has 0 unspecified atom stereocenters. The lowest BCUT2D eigenvalue weighted by Crippen LogP contribution is -2.30. The van der Waals surface area contributed by atoms with E-state index in [0.717, 1.165) is 0 Å². The Morgan fingerprint density at radius 1 is 1.37 bits per heavy atom. The maximum atomic E-state index is 11.5. The lowest BCUT2D eigenvalue weighted by atomic mass is 10.3. The van der Waals surface area contributed by atoms with Gasteiger partial charge in [0.15, 0.2) is 12.4 Å². The minimum absolute atomic E-state index is 0.0455. The van der Waals surface area contributed by atoms with Crippen molar-refractivity contribution in [1.82, 2.24) is 15.5 Å². The van der Waals surface area contributed by atoms with Crippen molar-refractivity contribution in [3.05, 3.63) is 36.5 Å². The Morgan fingerprint density at radius 2 is 2.16 bits per heavy atom. The molecule has 0 aliphatic carbocycles. The summed E-state index contributed by atoms with van der Waals surface area (Å²) in [6, 6.07) is 6.84. The van der Waals surface area contributed by atoms with Crippen LogP contribution in [0.3, 0.4) is 0 Å². The number of nitrogens with zero attached hydrogens (tertiary/aromatic N) is 2. The average Bonchev–Trinajstić information content (AvgIpc) is 2.91. The van der Waals surface area contributed by atoms with Gasteiger partial charge < -0.3 is 20.3 Å². The van der Waals surface area contributed by atoms with Crippen LogP contribution >= 0.6 is 0 Å². The van der Waals surface area contributed by atoms with E-state index in [4.69, 9.17) is 10.5 Å². The third kappa shape index (κ3) is 4.30. The van der Waals surface area contributed by atoms with E-state index in [0.29, 0.717) is 30.2 Å². The van der Waals surface area contributed by atoms with E-state index in [1.54, 1.807) is 24.3 Å². The van der Waals surface area contributed by atoms with E-state index in [2.05, 4.69) is 20.0 Å². The first-order chi connectivity index (χ1) is 9.24. The van der Waals surface area contributed by atoms with Crippen molar-refractivity contribution >= 4 is 11.6 Å². The van der Waals surface area contributed by atoms with E-state index in [9.17, 15) is 4.79 Å². The van der Waals surface area contributed by atoms with Crippen LogP contribution in [-0.2, 0) is 11.2 Å². The second-order valence-electron chi connectivity index (χ2n) is 3.81.